The summed E-state index contributed by atoms with van der Waals surface area (Å²) in [4.78, 5) is 37.4. The number of hydrogen-bond donors (Lipinski definition) is 2. The van der Waals surface area contributed by atoms with Crippen LogP contribution in [0.5, 0.6) is 0 Å². The third-order valence-electron chi connectivity index (χ3n) is 4.02. The Morgan fingerprint density at radius 3 is 2.68 bits per heavy atom. The van der Waals surface area contributed by atoms with E-state index in [4.69, 9.17) is 10.00 Å². The lowest BCUT2D eigenvalue weighted by molar-refractivity contribution is -0.153. The molecule has 2 amide bonds. The Labute approximate surface area is 166 Å². The lowest BCUT2D eigenvalue weighted by atomic mass is 10.2. The molecule has 3 rings (SSSR count). The molecular weight excluding hydrogens is 378 g/mol. The summed E-state index contributed by atoms with van der Waals surface area (Å²) < 4.78 is 5.17. The predicted molar refractivity (Wildman–Crippen MR) is 105 cm³/mol. The zero-order chi connectivity index (χ0) is 20.1. The standard InChI is InChI=1S/C20H17N3O4S/c1-12(19(25)22-14-8-6-13(11-21)7-9-14)27-18(24)10-17-20(26)23-15-4-2-3-5-16(15)28-17/h2-9,12,17H,10H2,1H3,(H,22,25)(H,23,26)/t12-,17-/m0/s1. The first-order valence-corrected chi connectivity index (χ1v) is 9.41. The number of anilines is 2. The molecule has 0 spiro atoms. The van der Waals surface area contributed by atoms with E-state index in [9.17, 15) is 14.4 Å². The average molecular weight is 395 g/mol. The molecule has 142 valence electrons. The van der Waals surface area contributed by atoms with Gasteiger partial charge in [0.2, 0.25) is 5.91 Å². The van der Waals surface area contributed by atoms with Crippen molar-refractivity contribution >= 4 is 40.9 Å². The summed E-state index contributed by atoms with van der Waals surface area (Å²) in [7, 11) is 0. The highest BCUT2D eigenvalue weighted by Gasteiger charge is 2.30. The highest BCUT2D eigenvalue weighted by Crippen LogP contribution is 2.36. The van der Waals surface area contributed by atoms with E-state index in [2.05, 4.69) is 10.6 Å². The molecule has 1 heterocycles. The quantitative estimate of drug-likeness (QED) is 0.754. The second-order valence-electron chi connectivity index (χ2n) is 6.11. The third kappa shape index (κ3) is 4.69. The second-order valence-corrected chi connectivity index (χ2v) is 7.35. The normalized spacial score (nSPS) is 16.1. The highest BCUT2D eigenvalue weighted by atomic mass is 32.2. The Bertz CT molecular complexity index is 953. The van der Waals surface area contributed by atoms with Crippen LogP contribution in [0, 0.1) is 11.3 Å². The van der Waals surface area contributed by atoms with Gasteiger partial charge < -0.3 is 15.4 Å². The summed E-state index contributed by atoms with van der Waals surface area (Å²) in [6, 6.07) is 15.7. The largest absolute Gasteiger partial charge is 0.452 e. The van der Waals surface area contributed by atoms with Gasteiger partial charge in [0.15, 0.2) is 6.10 Å². The Kier molecular flexibility index (Phi) is 5.96. The molecule has 0 saturated carbocycles. The molecule has 2 aromatic carbocycles. The van der Waals surface area contributed by atoms with E-state index in [1.54, 1.807) is 30.3 Å². The Balaban J connectivity index is 1.53. The molecule has 2 atom stereocenters. The molecule has 1 aliphatic heterocycles. The number of carbonyl (C=O) groups excluding carboxylic acids is 3. The van der Waals surface area contributed by atoms with E-state index in [1.165, 1.54) is 18.7 Å². The van der Waals surface area contributed by atoms with Crippen molar-refractivity contribution in [2.75, 3.05) is 10.6 Å². The number of carbonyl (C=O) groups is 3. The van der Waals surface area contributed by atoms with Gasteiger partial charge in [0.25, 0.3) is 5.91 Å². The number of benzene rings is 2. The maximum atomic E-state index is 12.2. The fourth-order valence-corrected chi connectivity index (χ4v) is 3.64. The van der Waals surface area contributed by atoms with Crippen LogP contribution < -0.4 is 10.6 Å². The van der Waals surface area contributed by atoms with E-state index in [0.717, 1.165) is 10.6 Å². The van der Waals surface area contributed by atoms with Crippen molar-refractivity contribution < 1.29 is 19.1 Å². The van der Waals surface area contributed by atoms with E-state index in [1.807, 2.05) is 24.3 Å². The van der Waals surface area contributed by atoms with Crippen molar-refractivity contribution in [1.82, 2.24) is 0 Å². The fourth-order valence-electron chi connectivity index (χ4n) is 2.55. The fraction of sp³-hybridized carbons (Fsp3) is 0.200. The molecule has 8 heteroatoms. The summed E-state index contributed by atoms with van der Waals surface area (Å²) in [5.74, 6) is -1.39. The van der Waals surface area contributed by atoms with Crippen molar-refractivity contribution in [3.63, 3.8) is 0 Å². The van der Waals surface area contributed by atoms with Crippen molar-refractivity contribution in [3.8, 4) is 6.07 Å². The predicted octanol–water partition coefficient (Wildman–Crippen LogP) is 2.93. The van der Waals surface area contributed by atoms with Gasteiger partial charge in [-0.3, -0.25) is 14.4 Å². The van der Waals surface area contributed by atoms with Gasteiger partial charge >= 0.3 is 5.97 Å². The number of thioether (sulfide) groups is 1. The maximum Gasteiger partial charge on any atom is 0.308 e. The van der Waals surface area contributed by atoms with Crippen molar-refractivity contribution in [2.45, 2.75) is 29.6 Å². The summed E-state index contributed by atoms with van der Waals surface area (Å²) in [5, 5.41) is 13.5. The van der Waals surface area contributed by atoms with Crippen LogP contribution in [0.15, 0.2) is 53.4 Å². The number of nitriles is 1. The molecule has 0 radical (unpaired) electrons. The molecule has 2 aromatic rings. The van der Waals surface area contributed by atoms with Crippen LogP contribution in [-0.4, -0.2) is 29.1 Å². The van der Waals surface area contributed by atoms with Gasteiger partial charge in [-0.1, -0.05) is 12.1 Å². The number of esters is 1. The van der Waals surface area contributed by atoms with Gasteiger partial charge in [-0.2, -0.15) is 5.26 Å². The van der Waals surface area contributed by atoms with Gasteiger partial charge in [-0.05, 0) is 43.3 Å². The minimum atomic E-state index is -1.02. The molecular formula is C20H17N3O4S. The smallest absolute Gasteiger partial charge is 0.308 e. The molecule has 0 saturated heterocycles. The number of amides is 2. The SMILES string of the molecule is C[C@H](OC(=O)C[C@@H]1Sc2ccccc2NC1=O)C(=O)Nc1ccc(C#N)cc1. The number of nitrogens with one attached hydrogen (secondary N) is 2. The van der Waals surface area contributed by atoms with Crippen LogP contribution in [0.25, 0.3) is 0 Å². The van der Waals surface area contributed by atoms with Crippen LogP contribution >= 0.6 is 11.8 Å². The van der Waals surface area contributed by atoms with Crippen LogP contribution in [0.1, 0.15) is 18.9 Å². The van der Waals surface area contributed by atoms with Gasteiger partial charge in [0.05, 0.1) is 29.0 Å². The van der Waals surface area contributed by atoms with E-state index in [-0.39, 0.29) is 12.3 Å². The van der Waals surface area contributed by atoms with E-state index < -0.39 is 23.2 Å². The number of rotatable bonds is 5. The third-order valence-corrected chi connectivity index (χ3v) is 5.29. The molecule has 0 fully saturated rings. The molecule has 2 N–H and O–H groups in total. The molecule has 1 aliphatic rings. The molecule has 0 aliphatic carbocycles. The van der Waals surface area contributed by atoms with Crippen molar-refractivity contribution in [2.24, 2.45) is 0 Å². The van der Waals surface area contributed by atoms with Crippen molar-refractivity contribution in [3.05, 3.63) is 54.1 Å². The minimum absolute atomic E-state index is 0.140. The topological polar surface area (TPSA) is 108 Å². The van der Waals surface area contributed by atoms with E-state index >= 15 is 0 Å². The van der Waals surface area contributed by atoms with E-state index in [0.29, 0.717) is 11.3 Å². The van der Waals surface area contributed by atoms with Gasteiger partial charge in [0, 0.05) is 10.6 Å². The van der Waals surface area contributed by atoms with Crippen LogP contribution in [0.3, 0.4) is 0 Å². The lowest BCUT2D eigenvalue weighted by Crippen LogP contribution is -2.34. The first-order chi connectivity index (χ1) is 13.5. The lowest BCUT2D eigenvalue weighted by Gasteiger charge is -2.23. The monoisotopic (exact) mass is 395 g/mol. The Morgan fingerprint density at radius 1 is 1.25 bits per heavy atom. The Hall–Kier alpha value is -3.31. The van der Waals surface area contributed by atoms with Crippen LogP contribution in [0.2, 0.25) is 0 Å². The number of ether oxygens (including phenoxy) is 1. The molecule has 0 unspecified atom stereocenters. The molecule has 0 bridgehead atoms. The molecule has 28 heavy (non-hydrogen) atoms. The summed E-state index contributed by atoms with van der Waals surface area (Å²) >= 11 is 1.30. The maximum absolute atomic E-state index is 12.2. The van der Waals surface area contributed by atoms with Gasteiger partial charge in [-0.25, -0.2) is 0 Å². The minimum Gasteiger partial charge on any atom is -0.452 e. The molecule has 7 nitrogen and oxygen atoms in total. The summed E-state index contributed by atoms with van der Waals surface area (Å²) in [5.41, 5.74) is 1.69. The average Bonchev–Trinajstić information content (AvgIpc) is 2.69. The van der Waals surface area contributed by atoms with Gasteiger partial charge in [0.1, 0.15) is 0 Å². The number of nitrogens with zero attached hydrogens (tertiary/aromatic N) is 1. The van der Waals surface area contributed by atoms with Crippen LogP contribution in [-0.2, 0) is 19.1 Å². The molecule has 0 aromatic heterocycles. The zero-order valence-electron chi connectivity index (χ0n) is 15.0. The van der Waals surface area contributed by atoms with Crippen molar-refractivity contribution in [1.29, 1.82) is 5.26 Å². The second kappa shape index (κ2) is 8.59. The van der Waals surface area contributed by atoms with Gasteiger partial charge in [-0.15, -0.1) is 11.8 Å². The zero-order valence-corrected chi connectivity index (χ0v) is 15.8. The first-order valence-electron chi connectivity index (χ1n) is 8.53. The number of hydrogen-bond acceptors (Lipinski definition) is 6. The first kappa shape index (κ1) is 19.5. The highest BCUT2D eigenvalue weighted by molar-refractivity contribution is 8.01. The summed E-state index contributed by atoms with van der Waals surface area (Å²) in [6.45, 7) is 1.46. The number of para-hydroxylation sites is 1. The number of fused-ring (bicyclic) bond motifs is 1. The summed E-state index contributed by atoms with van der Waals surface area (Å²) in [6.07, 6.45) is -1.16. The van der Waals surface area contributed by atoms with Crippen LogP contribution in [0.4, 0.5) is 11.4 Å². The Morgan fingerprint density at radius 2 is 1.96 bits per heavy atom.